The number of hydrogen-bond donors (Lipinski definition) is 3. The second-order valence-corrected chi connectivity index (χ2v) is 5.89. The van der Waals surface area contributed by atoms with Crippen LogP contribution in [0.2, 0.25) is 0 Å². The molecule has 0 aliphatic heterocycles. The van der Waals surface area contributed by atoms with Gasteiger partial charge in [0.2, 0.25) is 0 Å². The van der Waals surface area contributed by atoms with Crippen LogP contribution < -0.4 is 5.43 Å². The van der Waals surface area contributed by atoms with Crippen molar-refractivity contribution in [2.24, 2.45) is 5.10 Å². The first-order chi connectivity index (χ1) is 12.7. The summed E-state index contributed by atoms with van der Waals surface area (Å²) in [6.45, 7) is 1.87. The van der Waals surface area contributed by atoms with Crippen LogP contribution in [-0.2, 0) is 0 Å². The number of H-pyrrole nitrogens is 2. The number of carbonyl (C=O) groups excluding carboxylic acids is 1. The van der Waals surface area contributed by atoms with Crippen molar-refractivity contribution in [1.29, 1.82) is 0 Å². The third kappa shape index (κ3) is 2.88. The number of aryl methyl sites for hydroxylation is 1. The maximum atomic E-state index is 12.7. The summed E-state index contributed by atoms with van der Waals surface area (Å²) >= 11 is 0. The van der Waals surface area contributed by atoms with Gasteiger partial charge in [0, 0.05) is 16.5 Å². The lowest BCUT2D eigenvalue weighted by atomic mass is 10.0. The molecule has 0 spiro atoms. The summed E-state index contributed by atoms with van der Waals surface area (Å²) in [4.78, 5) is 23.0. The summed E-state index contributed by atoms with van der Waals surface area (Å²) in [7, 11) is 0. The molecule has 0 unspecified atom stereocenters. The second kappa shape index (κ2) is 6.68. The van der Waals surface area contributed by atoms with Crippen LogP contribution in [0.4, 0.5) is 0 Å². The molecule has 0 atom stereocenters. The Bertz CT molecular complexity index is 1090. The molecule has 6 heteroatoms. The Labute approximate surface area is 150 Å². The van der Waals surface area contributed by atoms with E-state index < -0.39 is 0 Å². The van der Waals surface area contributed by atoms with Gasteiger partial charge in [-0.2, -0.15) is 5.10 Å². The summed E-state index contributed by atoms with van der Waals surface area (Å²) < 4.78 is 0. The predicted molar refractivity (Wildman–Crippen MR) is 102 cm³/mol. The number of aromatic nitrogens is 3. The summed E-state index contributed by atoms with van der Waals surface area (Å²) in [5.41, 5.74) is 7.39. The van der Waals surface area contributed by atoms with Gasteiger partial charge in [-0.15, -0.1) is 0 Å². The number of para-hydroxylation sites is 1. The summed E-state index contributed by atoms with van der Waals surface area (Å²) in [5.74, 6) is -0.298. The number of benzene rings is 2. The van der Waals surface area contributed by atoms with Crippen molar-refractivity contribution in [3.63, 3.8) is 0 Å². The molecule has 128 valence electrons. The third-order valence-electron chi connectivity index (χ3n) is 4.22. The van der Waals surface area contributed by atoms with Gasteiger partial charge in [0.1, 0.15) is 5.69 Å². The van der Waals surface area contributed by atoms with Crippen LogP contribution >= 0.6 is 0 Å². The predicted octanol–water partition coefficient (Wildman–Crippen LogP) is 3.63. The average molecular weight is 343 g/mol. The molecule has 26 heavy (non-hydrogen) atoms. The molecular weight excluding hydrogens is 326 g/mol. The number of nitrogens with one attached hydrogen (secondary N) is 3. The Morgan fingerprint density at radius 2 is 1.88 bits per heavy atom. The zero-order valence-electron chi connectivity index (χ0n) is 14.2. The Morgan fingerprint density at radius 1 is 1.12 bits per heavy atom. The standard InChI is InChI=1S/C20H17N5O/c1-13-17(22-12-21-13)11-23-25-20(26)19-18(14-7-3-2-4-8-14)15-9-5-6-10-16(15)24-19/h2-12,24H,1H3,(H,21,22)(H,25,26)/b23-11-. The molecular formula is C20H17N5O. The molecule has 0 bridgehead atoms. The molecule has 4 rings (SSSR count). The number of rotatable bonds is 4. The zero-order chi connectivity index (χ0) is 17.9. The van der Waals surface area contributed by atoms with Crippen molar-refractivity contribution in [1.82, 2.24) is 20.4 Å². The van der Waals surface area contributed by atoms with Gasteiger partial charge in [-0.3, -0.25) is 4.79 Å². The first-order valence-electron chi connectivity index (χ1n) is 8.23. The molecule has 6 nitrogen and oxygen atoms in total. The minimum Gasteiger partial charge on any atom is -0.350 e. The summed E-state index contributed by atoms with van der Waals surface area (Å²) in [5, 5.41) is 5.04. The molecule has 2 aromatic heterocycles. The quantitative estimate of drug-likeness (QED) is 0.390. The van der Waals surface area contributed by atoms with Gasteiger partial charge < -0.3 is 9.97 Å². The Balaban J connectivity index is 1.70. The Kier molecular flexibility index (Phi) is 4.07. The normalized spacial score (nSPS) is 11.3. The molecule has 0 saturated carbocycles. The third-order valence-corrected chi connectivity index (χ3v) is 4.22. The van der Waals surface area contributed by atoms with E-state index >= 15 is 0 Å². The monoisotopic (exact) mass is 343 g/mol. The van der Waals surface area contributed by atoms with E-state index in [2.05, 4.69) is 25.5 Å². The molecule has 2 aromatic carbocycles. The lowest BCUT2D eigenvalue weighted by Gasteiger charge is -2.04. The smallest absolute Gasteiger partial charge is 0.288 e. The van der Waals surface area contributed by atoms with Gasteiger partial charge in [-0.1, -0.05) is 48.5 Å². The fourth-order valence-electron chi connectivity index (χ4n) is 2.93. The van der Waals surface area contributed by atoms with Crippen LogP contribution in [0.25, 0.3) is 22.0 Å². The SMILES string of the molecule is Cc1nc[nH]c1/C=N\NC(=O)c1[nH]c2ccccc2c1-c1ccccc1. The van der Waals surface area contributed by atoms with Gasteiger partial charge in [0.25, 0.3) is 5.91 Å². The highest BCUT2D eigenvalue weighted by molar-refractivity contribution is 6.09. The number of nitrogens with zero attached hydrogens (tertiary/aromatic N) is 2. The highest BCUT2D eigenvalue weighted by Gasteiger charge is 2.18. The number of hydrazone groups is 1. The molecule has 0 saturated heterocycles. The lowest BCUT2D eigenvalue weighted by molar-refractivity contribution is 0.0951. The molecule has 0 radical (unpaired) electrons. The van der Waals surface area contributed by atoms with E-state index in [1.165, 1.54) is 0 Å². The molecule has 0 fully saturated rings. The maximum Gasteiger partial charge on any atom is 0.288 e. The summed E-state index contributed by atoms with van der Waals surface area (Å²) in [6.07, 6.45) is 3.13. The number of carbonyl (C=O) groups is 1. The van der Waals surface area contributed by atoms with Gasteiger partial charge in [0.15, 0.2) is 0 Å². The highest BCUT2D eigenvalue weighted by Crippen LogP contribution is 2.32. The van der Waals surface area contributed by atoms with Gasteiger partial charge >= 0.3 is 0 Å². The largest absolute Gasteiger partial charge is 0.350 e. The molecule has 2 heterocycles. The Hall–Kier alpha value is -3.67. The van der Waals surface area contributed by atoms with Crippen molar-refractivity contribution < 1.29 is 4.79 Å². The molecule has 3 N–H and O–H groups in total. The van der Waals surface area contributed by atoms with E-state index in [4.69, 9.17) is 0 Å². The average Bonchev–Trinajstić information content (AvgIpc) is 3.26. The number of fused-ring (bicyclic) bond motifs is 1. The van der Waals surface area contributed by atoms with Crippen LogP contribution in [0.5, 0.6) is 0 Å². The van der Waals surface area contributed by atoms with Crippen molar-refractivity contribution >= 4 is 23.0 Å². The van der Waals surface area contributed by atoms with E-state index in [0.29, 0.717) is 5.69 Å². The lowest BCUT2D eigenvalue weighted by Crippen LogP contribution is -2.19. The maximum absolute atomic E-state index is 12.7. The van der Waals surface area contributed by atoms with Crippen LogP contribution in [0.3, 0.4) is 0 Å². The van der Waals surface area contributed by atoms with Crippen molar-refractivity contribution in [2.45, 2.75) is 6.92 Å². The summed E-state index contributed by atoms with van der Waals surface area (Å²) in [6, 6.07) is 17.7. The zero-order valence-corrected chi connectivity index (χ0v) is 14.2. The van der Waals surface area contributed by atoms with Crippen molar-refractivity contribution in [2.75, 3.05) is 0 Å². The Morgan fingerprint density at radius 3 is 2.65 bits per heavy atom. The van der Waals surface area contributed by atoms with Gasteiger partial charge in [0.05, 0.1) is 23.9 Å². The van der Waals surface area contributed by atoms with E-state index in [9.17, 15) is 4.79 Å². The van der Waals surface area contributed by atoms with E-state index in [0.717, 1.165) is 33.4 Å². The molecule has 0 aliphatic rings. The van der Waals surface area contributed by atoms with Crippen LogP contribution in [0.1, 0.15) is 21.9 Å². The number of imidazole rings is 1. The first kappa shape index (κ1) is 15.8. The second-order valence-electron chi connectivity index (χ2n) is 5.89. The van der Waals surface area contributed by atoms with Crippen LogP contribution in [-0.4, -0.2) is 27.1 Å². The number of amides is 1. The van der Waals surface area contributed by atoms with Crippen molar-refractivity contribution in [3.8, 4) is 11.1 Å². The molecule has 1 amide bonds. The molecule has 0 aliphatic carbocycles. The van der Waals surface area contributed by atoms with Crippen LogP contribution in [0, 0.1) is 6.92 Å². The minimum atomic E-state index is -0.298. The fourth-order valence-corrected chi connectivity index (χ4v) is 2.93. The minimum absolute atomic E-state index is 0.298. The van der Waals surface area contributed by atoms with Crippen molar-refractivity contribution in [3.05, 3.63) is 78.0 Å². The highest BCUT2D eigenvalue weighted by atomic mass is 16.2. The first-order valence-corrected chi connectivity index (χ1v) is 8.23. The van der Waals surface area contributed by atoms with E-state index in [1.54, 1.807) is 12.5 Å². The number of hydrogen-bond acceptors (Lipinski definition) is 3. The van der Waals surface area contributed by atoms with Gasteiger partial charge in [-0.25, -0.2) is 10.4 Å². The van der Waals surface area contributed by atoms with E-state index in [-0.39, 0.29) is 5.91 Å². The molecule has 4 aromatic rings. The van der Waals surface area contributed by atoms with E-state index in [1.807, 2.05) is 61.5 Å². The number of aromatic amines is 2. The topological polar surface area (TPSA) is 85.9 Å². The van der Waals surface area contributed by atoms with Crippen LogP contribution in [0.15, 0.2) is 66.0 Å². The fraction of sp³-hybridized carbons (Fsp3) is 0.0500. The van der Waals surface area contributed by atoms with Gasteiger partial charge in [-0.05, 0) is 18.6 Å².